The molecule has 1 unspecified atom stereocenters. The van der Waals surface area contributed by atoms with Gasteiger partial charge in [-0.25, -0.2) is 0 Å². The van der Waals surface area contributed by atoms with Gasteiger partial charge in [-0.2, -0.15) is 5.26 Å². The monoisotopic (exact) mass is 420 g/mol. The molecule has 7 heteroatoms. The second kappa shape index (κ2) is 9.09. The van der Waals surface area contributed by atoms with Crippen LogP contribution < -0.4 is 9.64 Å². The molecule has 0 aliphatic carbocycles. The lowest BCUT2D eigenvalue weighted by atomic mass is 10.1. The molecule has 0 radical (unpaired) electrons. The van der Waals surface area contributed by atoms with Crippen molar-refractivity contribution in [1.82, 2.24) is 9.47 Å². The number of anilines is 1. The zero-order chi connectivity index (χ0) is 22.7. The van der Waals surface area contributed by atoms with Crippen molar-refractivity contribution in [3.05, 3.63) is 52.9 Å². The molecule has 0 N–H and O–H groups in total. The number of aryl methyl sites for hydroxylation is 1. The summed E-state index contributed by atoms with van der Waals surface area (Å²) in [4.78, 5) is 28.8. The van der Waals surface area contributed by atoms with Crippen LogP contribution in [0.4, 0.5) is 5.69 Å². The Morgan fingerprint density at radius 3 is 2.65 bits per heavy atom. The number of nitriles is 1. The molecular weight excluding hydrogens is 392 g/mol. The number of para-hydroxylation sites is 2. The highest BCUT2D eigenvalue weighted by Gasteiger charge is 2.35. The highest BCUT2D eigenvalue weighted by molar-refractivity contribution is 6.12. The second-order valence-corrected chi connectivity index (χ2v) is 7.87. The minimum absolute atomic E-state index is 0.0181. The van der Waals surface area contributed by atoms with Gasteiger partial charge < -0.3 is 14.2 Å². The predicted octanol–water partition coefficient (Wildman–Crippen LogP) is 3.30. The van der Waals surface area contributed by atoms with Gasteiger partial charge in [0.15, 0.2) is 6.10 Å². The van der Waals surface area contributed by atoms with Crippen LogP contribution >= 0.6 is 0 Å². The molecule has 3 rings (SSSR count). The third-order valence-electron chi connectivity index (χ3n) is 5.45. The molecule has 1 aromatic carbocycles. The number of amides is 2. The number of hydrogen-bond acceptors (Lipinski definition) is 4. The van der Waals surface area contributed by atoms with E-state index in [4.69, 9.17) is 4.74 Å². The van der Waals surface area contributed by atoms with Crippen LogP contribution in [0.25, 0.3) is 6.08 Å². The van der Waals surface area contributed by atoms with E-state index in [0.717, 1.165) is 29.9 Å². The fourth-order valence-corrected chi connectivity index (χ4v) is 3.83. The smallest absolute Gasteiger partial charge is 0.269 e. The fourth-order valence-electron chi connectivity index (χ4n) is 3.83. The summed E-state index contributed by atoms with van der Waals surface area (Å²) in [6, 6.07) is 11.1. The number of fused-ring (bicyclic) bond motifs is 1. The number of rotatable bonds is 5. The molecule has 0 bridgehead atoms. The molecule has 162 valence electrons. The van der Waals surface area contributed by atoms with Crippen LogP contribution in [0.15, 0.2) is 35.9 Å². The predicted molar refractivity (Wildman–Crippen MR) is 120 cm³/mol. The fraction of sp³-hybridized carbons (Fsp3) is 0.375. The lowest BCUT2D eigenvalue weighted by Crippen LogP contribution is -2.50. The molecule has 31 heavy (non-hydrogen) atoms. The Morgan fingerprint density at radius 2 is 2.00 bits per heavy atom. The third-order valence-corrected chi connectivity index (χ3v) is 5.45. The number of nitrogens with zero attached hydrogens (tertiary/aromatic N) is 4. The van der Waals surface area contributed by atoms with Gasteiger partial charge in [0.2, 0.25) is 0 Å². The van der Waals surface area contributed by atoms with Gasteiger partial charge in [0.25, 0.3) is 11.8 Å². The zero-order valence-corrected chi connectivity index (χ0v) is 18.7. The zero-order valence-electron chi connectivity index (χ0n) is 18.7. The summed E-state index contributed by atoms with van der Waals surface area (Å²) in [7, 11) is 3.29. The van der Waals surface area contributed by atoms with Crippen molar-refractivity contribution in [2.75, 3.05) is 25.5 Å². The molecule has 0 saturated carbocycles. The summed E-state index contributed by atoms with van der Waals surface area (Å²) in [5.41, 5.74) is 3.52. The van der Waals surface area contributed by atoms with Crippen LogP contribution in [0, 0.1) is 25.2 Å². The maximum absolute atomic E-state index is 13.4. The Bertz CT molecular complexity index is 1070. The van der Waals surface area contributed by atoms with Crippen LogP contribution in [0.3, 0.4) is 0 Å². The maximum atomic E-state index is 13.4. The Morgan fingerprint density at radius 1 is 1.29 bits per heavy atom. The minimum atomic E-state index is -0.830. The first-order chi connectivity index (χ1) is 14.8. The molecule has 0 spiro atoms. The standard InChI is InChI=1S/C24H28N4O3/c1-6-11-27-16(2)12-18(17(27)3)13-19(14-25)23(29)28-15-22(24(30)26(4)5)31-21-10-8-7-9-20(21)28/h7-10,12-13,22H,6,11,15H2,1-5H3. The number of carbonyl (C=O) groups is 2. The van der Waals surface area contributed by atoms with Gasteiger partial charge in [-0.05, 0) is 50.1 Å². The average molecular weight is 421 g/mol. The molecule has 2 aromatic rings. The van der Waals surface area contributed by atoms with E-state index >= 15 is 0 Å². The van der Waals surface area contributed by atoms with Gasteiger partial charge in [0.1, 0.15) is 17.4 Å². The number of aromatic nitrogens is 1. The molecule has 0 saturated heterocycles. The normalized spacial score (nSPS) is 15.7. The summed E-state index contributed by atoms with van der Waals surface area (Å²) in [5.74, 6) is -0.242. The molecule has 0 fully saturated rings. The first kappa shape index (κ1) is 22.2. The molecule has 1 aliphatic rings. The first-order valence-corrected chi connectivity index (χ1v) is 10.4. The highest BCUT2D eigenvalue weighted by atomic mass is 16.5. The van der Waals surface area contributed by atoms with E-state index in [2.05, 4.69) is 17.6 Å². The van der Waals surface area contributed by atoms with Crippen molar-refractivity contribution in [3.8, 4) is 11.8 Å². The molecule has 7 nitrogen and oxygen atoms in total. The Hall–Kier alpha value is -3.53. The Kier molecular flexibility index (Phi) is 6.50. The van der Waals surface area contributed by atoms with Crippen LogP contribution in [0.5, 0.6) is 5.75 Å². The third kappa shape index (κ3) is 4.33. The van der Waals surface area contributed by atoms with Crippen molar-refractivity contribution < 1.29 is 14.3 Å². The van der Waals surface area contributed by atoms with E-state index in [1.807, 2.05) is 19.9 Å². The summed E-state index contributed by atoms with van der Waals surface area (Å²) in [6.07, 6.45) is 1.80. The largest absolute Gasteiger partial charge is 0.476 e. The number of benzene rings is 1. The van der Waals surface area contributed by atoms with E-state index in [9.17, 15) is 14.9 Å². The second-order valence-electron chi connectivity index (χ2n) is 7.87. The van der Waals surface area contributed by atoms with Gasteiger partial charge in [-0.1, -0.05) is 19.1 Å². The van der Waals surface area contributed by atoms with Crippen molar-refractivity contribution in [1.29, 1.82) is 5.26 Å². The number of hydrogen-bond donors (Lipinski definition) is 0. The van der Waals surface area contributed by atoms with Crippen molar-refractivity contribution in [2.45, 2.75) is 39.8 Å². The maximum Gasteiger partial charge on any atom is 0.269 e. The van der Waals surface area contributed by atoms with Crippen LogP contribution in [-0.2, 0) is 16.1 Å². The van der Waals surface area contributed by atoms with E-state index in [-0.39, 0.29) is 18.0 Å². The summed E-state index contributed by atoms with van der Waals surface area (Å²) in [5, 5.41) is 9.79. The Labute approximate surface area is 183 Å². The van der Waals surface area contributed by atoms with Gasteiger partial charge >= 0.3 is 0 Å². The van der Waals surface area contributed by atoms with Crippen molar-refractivity contribution >= 4 is 23.6 Å². The lowest BCUT2D eigenvalue weighted by Gasteiger charge is -2.35. The van der Waals surface area contributed by atoms with Crippen molar-refractivity contribution in [3.63, 3.8) is 0 Å². The van der Waals surface area contributed by atoms with E-state index in [0.29, 0.717) is 11.4 Å². The van der Waals surface area contributed by atoms with Gasteiger partial charge in [0.05, 0.1) is 12.2 Å². The van der Waals surface area contributed by atoms with Gasteiger partial charge in [-0.3, -0.25) is 14.5 Å². The number of likely N-dealkylation sites (N-methyl/N-ethyl adjacent to an activating group) is 1. The lowest BCUT2D eigenvalue weighted by molar-refractivity contribution is -0.136. The quantitative estimate of drug-likeness (QED) is 0.549. The summed E-state index contributed by atoms with van der Waals surface area (Å²) < 4.78 is 8.02. The minimum Gasteiger partial charge on any atom is -0.476 e. The molecule has 1 atom stereocenters. The van der Waals surface area contributed by atoms with Gasteiger partial charge in [-0.15, -0.1) is 0 Å². The van der Waals surface area contributed by atoms with E-state index in [1.165, 1.54) is 9.80 Å². The highest BCUT2D eigenvalue weighted by Crippen LogP contribution is 2.34. The molecule has 1 aromatic heterocycles. The summed E-state index contributed by atoms with van der Waals surface area (Å²) in [6.45, 7) is 7.04. The number of carbonyl (C=O) groups excluding carboxylic acids is 2. The van der Waals surface area contributed by atoms with Crippen molar-refractivity contribution in [2.24, 2.45) is 0 Å². The number of ether oxygens (including phenoxy) is 1. The Balaban J connectivity index is 1.99. The van der Waals surface area contributed by atoms with Crippen LogP contribution in [-0.4, -0.2) is 48.0 Å². The van der Waals surface area contributed by atoms with Gasteiger partial charge in [0, 0.05) is 32.0 Å². The molecule has 2 amide bonds. The average Bonchev–Trinajstić information content (AvgIpc) is 3.03. The molecule has 1 aliphatic heterocycles. The summed E-state index contributed by atoms with van der Waals surface area (Å²) >= 11 is 0. The van der Waals surface area contributed by atoms with Crippen LogP contribution in [0.2, 0.25) is 0 Å². The van der Waals surface area contributed by atoms with Crippen LogP contribution in [0.1, 0.15) is 30.3 Å². The first-order valence-electron chi connectivity index (χ1n) is 10.4. The topological polar surface area (TPSA) is 78.6 Å². The molecule has 2 heterocycles. The van der Waals surface area contributed by atoms with E-state index < -0.39 is 12.0 Å². The SMILES string of the molecule is CCCn1c(C)cc(C=C(C#N)C(=O)N2CC(C(=O)N(C)C)Oc3ccccc32)c1C. The molecular formula is C24H28N4O3. The van der Waals surface area contributed by atoms with E-state index in [1.54, 1.807) is 44.4 Å².